The third kappa shape index (κ3) is 2.80. The summed E-state index contributed by atoms with van der Waals surface area (Å²) >= 11 is 6.05. The summed E-state index contributed by atoms with van der Waals surface area (Å²) in [6, 6.07) is 7.58. The molecule has 0 spiro atoms. The Bertz CT molecular complexity index is 669. The van der Waals surface area contributed by atoms with E-state index in [1.165, 1.54) is 7.11 Å². The van der Waals surface area contributed by atoms with Crippen LogP contribution in [-0.4, -0.2) is 41.3 Å². The number of nitrogens with one attached hydrogen (secondary N) is 1. The summed E-state index contributed by atoms with van der Waals surface area (Å²) in [7, 11) is 1.53. The lowest BCUT2D eigenvalue weighted by Crippen LogP contribution is -2.37. The molecule has 0 radical (unpaired) electrons. The van der Waals surface area contributed by atoms with Crippen LogP contribution >= 0.6 is 11.6 Å². The van der Waals surface area contributed by atoms with Crippen LogP contribution in [0.25, 0.3) is 11.3 Å². The molecule has 6 heteroatoms. The molecule has 2 heterocycles. The van der Waals surface area contributed by atoms with Crippen molar-refractivity contribution in [2.75, 3.05) is 20.3 Å². The zero-order chi connectivity index (χ0) is 14.8. The monoisotopic (exact) mass is 305 g/mol. The molecule has 1 aliphatic heterocycles. The summed E-state index contributed by atoms with van der Waals surface area (Å²) in [6.07, 6.45) is 0.776. The van der Waals surface area contributed by atoms with Crippen LogP contribution in [0.1, 0.15) is 11.3 Å². The molecule has 3 rings (SSSR count). The number of carbonyl (C=O) groups excluding carboxylic acids is 1. The highest BCUT2D eigenvalue weighted by molar-refractivity contribution is 6.30. The quantitative estimate of drug-likeness (QED) is 0.946. The second kappa shape index (κ2) is 5.87. The molecule has 0 atom stereocenters. The molecule has 0 saturated carbocycles. The molecule has 2 aromatic rings. The van der Waals surface area contributed by atoms with E-state index >= 15 is 0 Å². The van der Waals surface area contributed by atoms with Gasteiger partial charge in [-0.2, -0.15) is 5.10 Å². The fourth-order valence-electron chi connectivity index (χ4n) is 2.60. The Morgan fingerprint density at radius 3 is 3.14 bits per heavy atom. The maximum absolute atomic E-state index is 12.0. The van der Waals surface area contributed by atoms with Gasteiger partial charge in [0.15, 0.2) is 0 Å². The number of hydrogen-bond donors (Lipinski definition) is 1. The Labute approximate surface area is 127 Å². The van der Waals surface area contributed by atoms with Crippen molar-refractivity contribution in [1.82, 2.24) is 15.1 Å². The molecule has 110 valence electrons. The molecule has 1 aromatic carbocycles. The summed E-state index contributed by atoms with van der Waals surface area (Å²) in [5.74, 6) is 0.00129. The number of aromatic amines is 1. The highest BCUT2D eigenvalue weighted by atomic mass is 35.5. The Morgan fingerprint density at radius 2 is 2.38 bits per heavy atom. The highest BCUT2D eigenvalue weighted by Gasteiger charge is 2.25. The minimum Gasteiger partial charge on any atom is -0.375 e. The van der Waals surface area contributed by atoms with Crippen LogP contribution in [0.2, 0.25) is 5.02 Å². The predicted octanol–water partition coefficient (Wildman–Crippen LogP) is 2.26. The second-order valence-corrected chi connectivity index (χ2v) is 5.47. The van der Waals surface area contributed by atoms with Crippen molar-refractivity contribution < 1.29 is 9.53 Å². The maximum atomic E-state index is 12.0. The van der Waals surface area contributed by atoms with Crippen molar-refractivity contribution >= 4 is 17.5 Å². The van der Waals surface area contributed by atoms with Gasteiger partial charge in [0.25, 0.3) is 0 Å². The summed E-state index contributed by atoms with van der Waals surface area (Å²) in [5, 5.41) is 8.14. The number of halogens is 1. The molecule has 1 aliphatic rings. The lowest BCUT2D eigenvalue weighted by molar-refractivity contribution is -0.136. The number of benzene rings is 1. The molecular formula is C15H16ClN3O2. The third-order valence-corrected chi connectivity index (χ3v) is 3.89. The second-order valence-electron chi connectivity index (χ2n) is 5.04. The van der Waals surface area contributed by atoms with Gasteiger partial charge in [0.1, 0.15) is 6.61 Å². The van der Waals surface area contributed by atoms with E-state index in [-0.39, 0.29) is 12.5 Å². The van der Waals surface area contributed by atoms with Crippen LogP contribution in [0.3, 0.4) is 0 Å². The van der Waals surface area contributed by atoms with Gasteiger partial charge in [-0.15, -0.1) is 0 Å². The summed E-state index contributed by atoms with van der Waals surface area (Å²) in [4.78, 5) is 13.8. The first-order chi connectivity index (χ1) is 10.2. The molecule has 0 aliphatic carbocycles. The van der Waals surface area contributed by atoms with Gasteiger partial charge in [-0.1, -0.05) is 23.7 Å². The van der Waals surface area contributed by atoms with Crippen molar-refractivity contribution in [3.63, 3.8) is 0 Å². The molecular weight excluding hydrogens is 290 g/mol. The fourth-order valence-corrected chi connectivity index (χ4v) is 2.79. The standard InChI is InChI=1S/C15H16ClN3O2/c1-21-9-14(20)19-6-5-13-12(8-19)15(18-17-13)10-3-2-4-11(16)7-10/h2-4,7H,5-6,8-9H2,1H3,(H,17,18). The number of aromatic nitrogens is 2. The minimum atomic E-state index is 0.00129. The minimum absolute atomic E-state index is 0.00129. The summed E-state index contributed by atoms with van der Waals surface area (Å²) in [6.45, 7) is 1.35. The summed E-state index contributed by atoms with van der Waals surface area (Å²) < 4.78 is 4.92. The Morgan fingerprint density at radius 1 is 1.52 bits per heavy atom. The number of carbonyl (C=O) groups is 1. The molecule has 0 bridgehead atoms. The molecule has 5 nitrogen and oxygen atoms in total. The number of amides is 1. The van der Waals surface area contributed by atoms with Crippen molar-refractivity contribution in [3.05, 3.63) is 40.5 Å². The molecule has 0 unspecified atom stereocenters. The van der Waals surface area contributed by atoms with Crippen LogP contribution in [-0.2, 0) is 22.5 Å². The molecule has 1 amide bonds. The number of ether oxygens (including phenoxy) is 1. The number of rotatable bonds is 3. The van der Waals surface area contributed by atoms with E-state index in [1.54, 1.807) is 4.90 Å². The van der Waals surface area contributed by atoms with Gasteiger partial charge in [0.05, 0.1) is 5.69 Å². The smallest absolute Gasteiger partial charge is 0.248 e. The molecule has 0 fully saturated rings. The van der Waals surface area contributed by atoms with Gasteiger partial charge in [-0.05, 0) is 12.1 Å². The Hall–Kier alpha value is -1.85. The largest absolute Gasteiger partial charge is 0.375 e. The van der Waals surface area contributed by atoms with Gasteiger partial charge in [-0.25, -0.2) is 0 Å². The fraction of sp³-hybridized carbons (Fsp3) is 0.333. The topological polar surface area (TPSA) is 58.2 Å². The van der Waals surface area contributed by atoms with Gasteiger partial charge >= 0.3 is 0 Å². The Balaban J connectivity index is 1.91. The first kappa shape index (κ1) is 14.1. The molecule has 1 N–H and O–H groups in total. The van der Waals surface area contributed by atoms with Crippen molar-refractivity contribution in [2.24, 2.45) is 0 Å². The van der Waals surface area contributed by atoms with Crippen LogP contribution in [0.15, 0.2) is 24.3 Å². The van der Waals surface area contributed by atoms with Crippen LogP contribution in [0.5, 0.6) is 0 Å². The molecule has 1 aromatic heterocycles. The molecule has 21 heavy (non-hydrogen) atoms. The number of H-pyrrole nitrogens is 1. The van der Waals surface area contributed by atoms with E-state index in [4.69, 9.17) is 16.3 Å². The maximum Gasteiger partial charge on any atom is 0.248 e. The normalized spacial score (nSPS) is 14.1. The SMILES string of the molecule is COCC(=O)N1CCc2[nH]nc(-c3cccc(Cl)c3)c2C1. The summed E-state index contributed by atoms with van der Waals surface area (Å²) in [5.41, 5.74) is 3.97. The number of hydrogen-bond acceptors (Lipinski definition) is 3. The van der Waals surface area contributed by atoms with Crippen LogP contribution in [0.4, 0.5) is 0 Å². The average molecular weight is 306 g/mol. The third-order valence-electron chi connectivity index (χ3n) is 3.65. The van der Waals surface area contributed by atoms with E-state index in [1.807, 2.05) is 24.3 Å². The number of methoxy groups -OCH3 is 1. The number of nitrogens with zero attached hydrogens (tertiary/aromatic N) is 2. The van der Waals surface area contributed by atoms with Gasteiger partial charge in [0, 0.05) is 48.5 Å². The average Bonchev–Trinajstić information content (AvgIpc) is 2.90. The zero-order valence-corrected chi connectivity index (χ0v) is 12.5. The van der Waals surface area contributed by atoms with E-state index < -0.39 is 0 Å². The molecule has 0 saturated heterocycles. The van der Waals surface area contributed by atoms with Crippen molar-refractivity contribution in [3.8, 4) is 11.3 Å². The lowest BCUT2D eigenvalue weighted by atomic mass is 10.0. The lowest BCUT2D eigenvalue weighted by Gasteiger charge is -2.27. The first-order valence-corrected chi connectivity index (χ1v) is 7.15. The van der Waals surface area contributed by atoms with Gasteiger partial charge in [0.2, 0.25) is 5.91 Å². The first-order valence-electron chi connectivity index (χ1n) is 6.78. The van der Waals surface area contributed by atoms with Crippen LogP contribution < -0.4 is 0 Å². The number of fused-ring (bicyclic) bond motifs is 1. The van der Waals surface area contributed by atoms with Crippen molar-refractivity contribution in [1.29, 1.82) is 0 Å². The zero-order valence-electron chi connectivity index (χ0n) is 11.7. The van der Waals surface area contributed by atoms with Crippen LogP contribution in [0, 0.1) is 0 Å². The van der Waals surface area contributed by atoms with Gasteiger partial charge < -0.3 is 9.64 Å². The van der Waals surface area contributed by atoms with E-state index in [0.717, 1.165) is 28.9 Å². The van der Waals surface area contributed by atoms with E-state index in [0.29, 0.717) is 18.1 Å². The predicted molar refractivity (Wildman–Crippen MR) is 80.0 cm³/mol. The van der Waals surface area contributed by atoms with E-state index in [9.17, 15) is 4.79 Å². The van der Waals surface area contributed by atoms with Gasteiger partial charge in [-0.3, -0.25) is 9.89 Å². The Kier molecular flexibility index (Phi) is 3.94. The highest BCUT2D eigenvalue weighted by Crippen LogP contribution is 2.29. The van der Waals surface area contributed by atoms with Crippen molar-refractivity contribution in [2.45, 2.75) is 13.0 Å². The van der Waals surface area contributed by atoms with E-state index in [2.05, 4.69) is 10.2 Å².